The van der Waals surface area contributed by atoms with E-state index in [0.29, 0.717) is 0 Å². The van der Waals surface area contributed by atoms with Crippen molar-refractivity contribution in [1.82, 2.24) is 10.4 Å². The zero-order valence-corrected chi connectivity index (χ0v) is 13.0. The average molecular weight is 297 g/mol. The van der Waals surface area contributed by atoms with Crippen molar-refractivity contribution < 1.29 is 9.53 Å². The highest BCUT2D eigenvalue weighted by Gasteiger charge is 2.08. The van der Waals surface area contributed by atoms with Crippen molar-refractivity contribution in [2.45, 2.75) is 20.8 Å². The molecule has 0 unspecified atom stereocenters. The van der Waals surface area contributed by atoms with E-state index in [1.165, 1.54) is 6.21 Å². The Hall–Kier alpha value is -2.69. The molecule has 0 fully saturated rings. The Morgan fingerprint density at radius 2 is 2.05 bits per heavy atom. The Labute approximate surface area is 130 Å². The molecule has 0 saturated heterocycles. The number of rotatable bonds is 5. The fourth-order valence-corrected chi connectivity index (χ4v) is 1.95. The molecule has 1 heterocycles. The molecule has 0 aliphatic heterocycles. The third-order valence-electron chi connectivity index (χ3n) is 3.31. The summed E-state index contributed by atoms with van der Waals surface area (Å²) < 4.78 is 5.61. The van der Waals surface area contributed by atoms with Gasteiger partial charge in [0.1, 0.15) is 5.75 Å². The fraction of sp³-hybridized carbons (Fsp3) is 0.235. The van der Waals surface area contributed by atoms with Gasteiger partial charge in [0.2, 0.25) is 0 Å². The predicted octanol–water partition coefficient (Wildman–Crippen LogP) is 2.54. The SMILES string of the molecule is Cc1ccc(C)c(OCC(=O)N/N=C\c2cccnc2)c1C. The zero-order valence-electron chi connectivity index (χ0n) is 13.0. The van der Waals surface area contributed by atoms with Gasteiger partial charge in [0.25, 0.3) is 5.91 Å². The van der Waals surface area contributed by atoms with Crippen molar-refractivity contribution >= 4 is 12.1 Å². The first-order valence-corrected chi connectivity index (χ1v) is 6.99. The van der Waals surface area contributed by atoms with Crippen LogP contribution in [0.4, 0.5) is 0 Å². The van der Waals surface area contributed by atoms with E-state index >= 15 is 0 Å². The Morgan fingerprint density at radius 3 is 2.77 bits per heavy atom. The van der Waals surface area contributed by atoms with E-state index in [9.17, 15) is 4.79 Å². The highest BCUT2D eigenvalue weighted by Crippen LogP contribution is 2.25. The molecule has 0 radical (unpaired) electrons. The number of benzene rings is 1. The largest absolute Gasteiger partial charge is 0.483 e. The third-order valence-corrected chi connectivity index (χ3v) is 3.31. The maximum atomic E-state index is 11.7. The van der Waals surface area contributed by atoms with Gasteiger partial charge in [-0.2, -0.15) is 5.10 Å². The summed E-state index contributed by atoms with van der Waals surface area (Å²) in [5.41, 5.74) is 6.44. The number of carbonyl (C=O) groups is 1. The number of amides is 1. The summed E-state index contributed by atoms with van der Waals surface area (Å²) in [6.07, 6.45) is 4.87. The molecular weight excluding hydrogens is 278 g/mol. The van der Waals surface area contributed by atoms with E-state index in [2.05, 4.69) is 15.5 Å². The van der Waals surface area contributed by atoms with Crippen molar-refractivity contribution in [3.8, 4) is 5.75 Å². The number of aromatic nitrogens is 1. The standard InChI is InChI=1S/C17H19N3O2/c1-12-6-7-13(2)17(14(12)3)22-11-16(21)20-19-10-15-5-4-8-18-9-15/h4-10H,11H2,1-3H3,(H,20,21)/b19-10-. The molecule has 1 aromatic heterocycles. The number of hydrogen-bond acceptors (Lipinski definition) is 4. The third kappa shape index (κ3) is 4.15. The second kappa shape index (κ2) is 7.36. The van der Waals surface area contributed by atoms with Crippen LogP contribution in [-0.2, 0) is 4.79 Å². The summed E-state index contributed by atoms with van der Waals surface area (Å²) in [6, 6.07) is 7.67. The van der Waals surface area contributed by atoms with Gasteiger partial charge in [-0.25, -0.2) is 5.43 Å². The monoisotopic (exact) mass is 297 g/mol. The van der Waals surface area contributed by atoms with Gasteiger partial charge in [-0.05, 0) is 43.5 Å². The van der Waals surface area contributed by atoms with Crippen molar-refractivity contribution in [3.05, 3.63) is 58.9 Å². The minimum atomic E-state index is -0.305. The minimum absolute atomic E-state index is 0.0739. The summed E-state index contributed by atoms with van der Waals surface area (Å²) in [6.45, 7) is 5.88. The minimum Gasteiger partial charge on any atom is -0.483 e. The van der Waals surface area contributed by atoms with Crippen LogP contribution in [0, 0.1) is 20.8 Å². The van der Waals surface area contributed by atoms with E-state index in [1.54, 1.807) is 18.5 Å². The predicted molar refractivity (Wildman–Crippen MR) is 86.1 cm³/mol. The first-order valence-electron chi connectivity index (χ1n) is 6.99. The second-order valence-electron chi connectivity index (χ2n) is 5.02. The summed E-state index contributed by atoms with van der Waals surface area (Å²) in [4.78, 5) is 15.7. The summed E-state index contributed by atoms with van der Waals surface area (Å²) in [7, 11) is 0. The Bertz CT molecular complexity index is 682. The van der Waals surface area contributed by atoms with E-state index in [1.807, 2.05) is 39.0 Å². The Balaban J connectivity index is 1.89. The van der Waals surface area contributed by atoms with Crippen LogP contribution in [0.3, 0.4) is 0 Å². The number of ether oxygens (including phenoxy) is 1. The van der Waals surface area contributed by atoms with Crippen LogP contribution in [0.25, 0.3) is 0 Å². The molecule has 0 aliphatic rings. The number of carbonyl (C=O) groups excluding carboxylic acids is 1. The van der Waals surface area contributed by atoms with Crippen LogP contribution in [0.2, 0.25) is 0 Å². The number of nitrogens with zero attached hydrogens (tertiary/aromatic N) is 2. The van der Waals surface area contributed by atoms with Gasteiger partial charge in [0.05, 0.1) is 6.21 Å². The molecular formula is C17H19N3O2. The molecule has 114 valence electrons. The maximum absolute atomic E-state index is 11.7. The van der Waals surface area contributed by atoms with E-state index in [0.717, 1.165) is 28.0 Å². The smallest absolute Gasteiger partial charge is 0.277 e. The summed E-state index contributed by atoms with van der Waals surface area (Å²) >= 11 is 0. The van der Waals surface area contributed by atoms with Gasteiger partial charge >= 0.3 is 0 Å². The van der Waals surface area contributed by atoms with Gasteiger partial charge in [-0.15, -0.1) is 0 Å². The molecule has 1 amide bonds. The second-order valence-corrected chi connectivity index (χ2v) is 5.02. The Kier molecular flexibility index (Phi) is 5.25. The van der Waals surface area contributed by atoms with Crippen LogP contribution in [-0.4, -0.2) is 23.7 Å². The lowest BCUT2D eigenvalue weighted by molar-refractivity contribution is -0.123. The molecule has 2 rings (SSSR count). The maximum Gasteiger partial charge on any atom is 0.277 e. The summed E-state index contributed by atoms with van der Waals surface area (Å²) in [5, 5.41) is 3.87. The van der Waals surface area contributed by atoms with Crippen LogP contribution < -0.4 is 10.2 Å². The average Bonchev–Trinajstić information content (AvgIpc) is 2.52. The topological polar surface area (TPSA) is 63.6 Å². The van der Waals surface area contributed by atoms with Gasteiger partial charge in [0, 0.05) is 18.0 Å². The number of aryl methyl sites for hydroxylation is 2. The molecule has 2 aromatic rings. The lowest BCUT2D eigenvalue weighted by Gasteiger charge is -2.13. The van der Waals surface area contributed by atoms with E-state index < -0.39 is 0 Å². The van der Waals surface area contributed by atoms with Crippen LogP contribution in [0.15, 0.2) is 41.8 Å². The van der Waals surface area contributed by atoms with Crippen molar-refractivity contribution in [1.29, 1.82) is 0 Å². The molecule has 0 bridgehead atoms. The van der Waals surface area contributed by atoms with E-state index in [-0.39, 0.29) is 12.5 Å². The van der Waals surface area contributed by atoms with Crippen LogP contribution in [0.1, 0.15) is 22.3 Å². The lowest BCUT2D eigenvalue weighted by Crippen LogP contribution is -2.25. The van der Waals surface area contributed by atoms with Gasteiger partial charge in [0.15, 0.2) is 6.61 Å². The lowest BCUT2D eigenvalue weighted by atomic mass is 10.1. The van der Waals surface area contributed by atoms with E-state index in [4.69, 9.17) is 4.74 Å². The van der Waals surface area contributed by atoms with Gasteiger partial charge in [-0.1, -0.05) is 18.2 Å². The molecule has 0 aliphatic carbocycles. The number of hydrogen-bond donors (Lipinski definition) is 1. The summed E-state index contributed by atoms with van der Waals surface area (Å²) in [5.74, 6) is 0.451. The molecule has 0 saturated carbocycles. The molecule has 5 heteroatoms. The molecule has 5 nitrogen and oxygen atoms in total. The Morgan fingerprint density at radius 1 is 1.27 bits per heavy atom. The van der Waals surface area contributed by atoms with Crippen molar-refractivity contribution in [2.24, 2.45) is 5.10 Å². The van der Waals surface area contributed by atoms with Crippen LogP contribution in [0.5, 0.6) is 5.75 Å². The highest BCUT2D eigenvalue weighted by atomic mass is 16.5. The number of nitrogens with one attached hydrogen (secondary N) is 1. The van der Waals surface area contributed by atoms with Crippen LogP contribution >= 0.6 is 0 Å². The fourth-order valence-electron chi connectivity index (χ4n) is 1.95. The first kappa shape index (κ1) is 15.7. The molecule has 0 atom stereocenters. The normalized spacial score (nSPS) is 10.7. The number of pyridine rings is 1. The van der Waals surface area contributed by atoms with Gasteiger partial charge < -0.3 is 4.74 Å². The number of hydrazone groups is 1. The molecule has 22 heavy (non-hydrogen) atoms. The molecule has 0 spiro atoms. The first-order chi connectivity index (χ1) is 10.6. The molecule has 1 N–H and O–H groups in total. The van der Waals surface area contributed by atoms with Crippen molar-refractivity contribution in [2.75, 3.05) is 6.61 Å². The molecule has 1 aromatic carbocycles. The highest BCUT2D eigenvalue weighted by molar-refractivity contribution is 5.82. The van der Waals surface area contributed by atoms with Crippen molar-refractivity contribution in [3.63, 3.8) is 0 Å². The quantitative estimate of drug-likeness (QED) is 0.681. The van der Waals surface area contributed by atoms with Gasteiger partial charge in [-0.3, -0.25) is 9.78 Å². The zero-order chi connectivity index (χ0) is 15.9.